The monoisotopic (exact) mass is 323 g/mol. The number of aryl methyl sites for hydroxylation is 2. The molecule has 0 saturated heterocycles. The van der Waals surface area contributed by atoms with Crippen LogP contribution in [0.25, 0.3) is 11.3 Å². The molecule has 2 heterocycles. The van der Waals surface area contributed by atoms with E-state index in [0.717, 1.165) is 22.8 Å². The summed E-state index contributed by atoms with van der Waals surface area (Å²) in [6, 6.07) is 10.4. The van der Waals surface area contributed by atoms with Crippen LogP contribution in [0, 0.1) is 25.2 Å². The lowest BCUT2D eigenvalue weighted by Gasteiger charge is -2.01. The van der Waals surface area contributed by atoms with Crippen LogP contribution in [0.1, 0.15) is 27.4 Å². The first-order valence-corrected chi connectivity index (χ1v) is 7.79. The number of hydrogen-bond acceptors (Lipinski definition) is 5. The molecule has 0 aliphatic rings. The molecule has 3 rings (SSSR count). The summed E-state index contributed by atoms with van der Waals surface area (Å²) >= 11 is 1.36. The number of carbonyl (C=O) groups excluding carboxylic acids is 1. The van der Waals surface area contributed by atoms with E-state index < -0.39 is 0 Å². The van der Waals surface area contributed by atoms with Crippen LogP contribution in [-0.2, 0) is 0 Å². The topological polar surface area (TPSA) is 78.9 Å². The Bertz CT molecular complexity index is 901. The number of hydrogen-bond donors (Lipinski definition) is 1. The molecule has 0 saturated carbocycles. The molecule has 0 unspecified atom stereocenters. The Morgan fingerprint density at radius 1 is 1.30 bits per heavy atom. The van der Waals surface area contributed by atoms with E-state index in [9.17, 15) is 4.79 Å². The highest BCUT2D eigenvalue weighted by Gasteiger charge is 2.13. The van der Waals surface area contributed by atoms with Crippen molar-refractivity contribution in [2.24, 2.45) is 0 Å². The number of anilines is 1. The number of furan rings is 1. The number of thiazole rings is 1. The van der Waals surface area contributed by atoms with Crippen LogP contribution in [0.5, 0.6) is 0 Å². The van der Waals surface area contributed by atoms with Crippen molar-refractivity contribution in [1.82, 2.24) is 4.98 Å². The molecule has 2 aromatic heterocycles. The normalized spacial score (nSPS) is 10.3. The SMILES string of the molecule is Cc1cc(-c2csc(NC(=O)c3ccc(C#N)cc3)n2)c(C)o1. The van der Waals surface area contributed by atoms with Gasteiger partial charge in [-0.2, -0.15) is 5.26 Å². The summed E-state index contributed by atoms with van der Waals surface area (Å²) in [4.78, 5) is 16.6. The second-order valence-electron chi connectivity index (χ2n) is 5.01. The summed E-state index contributed by atoms with van der Waals surface area (Å²) in [7, 11) is 0. The van der Waals surface area contributed by atoms with Gasteiger partial charge in [-0.15, -0.1) is 11.3 Å². The Kier molecular flexibility index (Phi) is 3.96. The number of amides is 1. The number of rotatable bonds is 3. The van der Waals surface area contributed by atoms with E-state index in [0.29, 0.717) is 16.3 Å². The van der Waals surface area contributed by atoms with Gasteiger partial charge in [-0.3, -0.25) is 10.1 Å². The van der Waals surface area contributed by atoms with E-state index in [1.807, 2.05) is 31.4 Å². The smallest absolute Gasteiger partial charge is 0.257 e. The first kappa shape index (κ1) is 15.0. The van der Waals surface area contributed by atoms with Crippen molar-refractivity contribution in [2.75, 3.05) is 5.32 Å². The highest BCUT2D eigenvalue weighted by Crippen LogP contribution is 2.29. The maximum absolute atomic E-state index is 12.2. The average molecular weight is 323 g/mol. The van der Waals surface area contributed by atoms with Crippen molar-refractivity contribution in [3.8, 4) is 17.3 Å². The number of benzene rings is 1. The fourth-order valence-corrected chi connectivity index (χ4v) is 2.91. The van der Waals surface area contributed by atoms with E-state index in [2.05, 4.69) is 10.3 Å². The van der Waals surface area contributed by atoms with Gasteiger partial charge in [-0.1, -0.05) is 0 Å². The zero-order valence-corrected chi connectivity index (χ0v) is 13.4. The Labute approximate surface area is 137 Å². The molecule has 3 aromatic rings. The molecule has 0 aliphatic heterocycles. The predicted octanol–water partition coefficient (Wildman–Crippen LogP) is 4.14. The third-order valence-corrected chi connectivity index (χ3v) is 4.08. The molecule has 5 nitrogen and oxygen atoms in total. The Hall–Kier alpha value is -2.91. The minimum atomic E-state index is -0.254. The maximum atomic E-state index is 12.2. The third-order valence-electron chi connectivity index (χ3n) is 3.32. The van der Waals surface area contributed by atoms with Gasteiger partial charge in [0, 0.05) is 16.5 Å². The van der Waals surface area contributed by atoms with Crippen molar-refractivity contribution in [1.29, 1.82) is 5.26 Å². The summed E-state index contributed by atoms with van der Waals surface area (Å²) in [5.41, 5.74) is 2.71. The summed E-state index contributed by atoms with van der Waals surface area (Å²) in [6.45, 7) is 3.77. The third kappa shape index (κ3) is 3.15. The van der Waals surface area contributed by atoms with Gasteiger partial charge in [0.1, 0.15) is 11.5 Å². The van der Waals surface area contributed by atoms with Crippen LogP contribution in [-0.4, -0.2) is 10.9 Å². The van der Waals surface area contributed by atoms with Crippen molar-refractivity contribution in [2.45, 2.75) is 13.8 Å². The van der Waals surface area contributed by atoms with E-state index in [4.69, 9.17) is 9.68 Å². The lowest BCUT2D eigenvalue weighted by atomic mass is 10.1. The second-order valence-corrected chi connectivity index (χ2v) is 5.87. The molecule has 0 bridgehead atoms. The highest BCUT2D eigenvalue weighted by atomic mass is 32.1. The van der Waals surface area contributed by atoms with E-state index in [1.165, 1.54) is 11.3 Å². The molecule has 1 amide bonds. The maximum Gasteiger partial charge on any atom is 0.257 e. The zero-order valence-electron chi connectivity index (χ0n) is 12.6. The number of nitrogens with zero attached hydrogens (tertiary/aromatic N) is 2. The van der Waals surface area contributed by atoms with Gasteiger partial charge >= 0.3 is 0 Å². The Morgan fingerprint density at radius 2 is 2.04 bits per heavy atom. The molecule has 1 aromatic carbocycles. The largest absolute Gasteiger partial charge is 0.466 e. The minimum absolute atomic E-state index is 0.254. The standard InChI is InChI=1S/C17H13N3O2S/c1-10-7-14(11(2)22-10)15-9-23-17(19-15)20-16(21)13-5-3-12(8-18)4-6-13/h3-7,9H,1-2H3,(H,19,20,21). The van der Waals surface area contributed by atoms with Crippen LogP contribution >= 0.6 is 11.3 Å². The van der Waals surface area contributed by atoms with Gasteiger partial charge in [0.25, 0.3) is 5.91 Å². The molecule has 6 heteroatoms. The second kappa shape index (κ2) is 6.07. The van der Waals surface area contributed by atoms with Gasteiger partial charge in [-0.05, 0) is 44.2 Å². The van der Waals surface area contributed by atoms with Crippen molar-refractivity contribution in [3.05, 3.63) is 58.4 Å². The van der Waals surface area contributed by atoms with E-state index in [-0.39, 0.29) is 5.91 Å². The van der Waals surface area contributed by atoms with Crippen LogP contribution < -0.4 is 5.32 Å². The lowest BCUT2D eigenvalue weighted by molar-refractivity contribution is 0.102. The molecular formula is C17H13N3O2S. The molecular weight excluding hydrogens is 310 g/mol. The summed E-state index contributed by atoms with van der Waals surface area (Å²) < 4.78 is 5.50. The van der Waals surface area contributed by atoms with Gasteiger partial charge in [0.2, 0.25) is 0 Å². The Morgan fingerprint density at radius 3 is 2.65 bits per heavy atom. The van der Waals surface area contributed by atoms with Crippen molar-refractivity contribution >= 4 is 22.4 Å². The van der Waals surface area contributed by atoms with Gasteiger partial charge in [0.05, 0.1) is 17.3 Å². The van der Waals surface area contributed by atoms with E-state index >= 15 is 0 Å². The first-order chi connectivity index (χ1) is 11.1. The van der Waals surface area contributed by atoms with Crippen LogP contribution in [0.3, 0.4) is 0 Å². The molecule has 0 atom stereocenters. The number of nitriles is 1. The molecule has 1 N–H and O–H groups in total. The number of carbonyl (C=O) groups is 1. The molecule has 0 spiro atoms. The number of aromatic nitrogens is 1. The number of nitrogens with one attached hydrogen (secondary N) is 1. The fourth-order valence-electron chi connectivity index (χ4n) is 2.21. The van der Waals surface area contributed by atoms with Crippen molar-refractivity contribution < 1.29 is 9.21 Å². The summed E-state index contributed by atoms with van der Waals surface area (Å²) in [6.07, 6.45) is 0. The van der Waals surface area contributed by atoms with Crippen LogP contribution in [0.4, 0.5) is 5.13 Å². The lowest BCUT2D eigenvalue weighted by Crippen LogP contribution is -2.11. The van der Waals surface area contributed by atoms with Gasteiger partial charge in [0.15, 0.2) is 5.13 Å². The van der Waals surface area contributed by atoms with Gasteiger partial charge in [-0.25, -0.2) is 4.98 Å². The fraction of sp³-hybridized carbons (Fsp3) is 0.118. The molecule has 23 heavy (non-hydrogen) atoms. The average Bonchev–Trinajstić information content (AvgIpc) is 3.13. The summed E-state index contributed by atoms with van der Waals surface area (Å²) in [5.74, 6) is 1.38. The van der Waals surface area contributed by atoms with Crippen LogP contribution in [0.2, 0.25) is 0 Å². The zero-order chi connectivity index (χ0) is 16.4. The molecule has 114 valence electrons. The summed E-state index contributed by atoms with van der Waals surface area (Å²) in [5, 5.41) is 13.9. The molecule has 0 fully saturated rings. The van der Waals surface area contributed by atoms with Crippen molar-refractivity contribution in [3.63, 3.8) is 0 Å². The molecule has 0 aliphatic carbocycles. The highest BCUT2D eigenvalue weighted by molar-refractivity contribution is 7.14. The quantitative estimate of drug-likeness (QED) is 0.785. The van der Waals surface area contributed by atoms with Gasteiger partial charge < -0.3 is 4.42 Å². The van der Waals surface area contributed by atoms with Crippen LogP contribution in [0.15, 0.2) is 40.1 Å². The predicted molar refractivity (Wildman–Crippen MR) is 88.4 cm³/mol. The first-order valence-electron chi connectivity index (χ1n) is 6.91. The van der Waals surface area contributed by atoms with E-state index in [1.54, 1.807) is 24.3 Å². The molecule has 0 radical (unpaired) electrons. The Balaban J connectivity index is 1.77. The minimum Gasteiger partial charge on any atom is -0.466 e.